The highest BCUT2D eigenvalue weighted by molar-refractivity contribution is 8.00. The third-order valence-corrected chi connectivity index (χ3v) is 5.97. The van der Waals surface area contributed by atoms with Gasteiger partial charge >= 0.3 is 0 Å². The molecule has 0 fully saturated rings. The van der Waals surface area contributed by atoms with E-state index in [9.17, 15) is 14.9 Å². The van der Waals surface area contributed by atoms with Crippen LogP contribution in [0.15, 0.2) is 29.3 Å². The van der Waals surface area contributed by atoms with E-state index >= 15 is 0 Å². The molecule has 0 unspecified atom stereocenters. The minimum absolute atomic E-state index is 0.00788. The van der Waals surface area contributed by atoms with E-state index in [0.717, 1.165) is 34.5 Å². The first kappa shape index (κ1) is 23.4. The van der Waals surface area contributed by atoms with Gasteiger partial charge in [-0.1, -0.05) is 36.9 Å². The van der Waals surface area contributed by atoms with Crippen LogP contribution < -0.4 is 5.32 Å². The Balaban J connectivity index is 2.07. The topological polar surface area (TPSA) is 86.1 Å². The zero-order valence-corrected chi connectivity index (χ0v) is 19.0. The summed E-state index contributed by atoms with van der Waals surface area (Å²) < 4.78 is 0. The first-order valence-electron chi connectivity index (χ1n) is 9.92. The fourth-order valence-electron chi connectivity index (χ4n) is 3.01. The Kier molecular flexibility index (Phi) is 8.43. The van der Waals surface area contributed by atoms with Crippen LogP contribution in [0.2, 0.25) is 0 Å². The summed E-state index contributed by atoms with van der Waals surface area (Å²) >= 11 is 1.25. The van der Waals surface area contributed by atoms with Crippen molar-refractivity contribution in [3.63, 3.8) is 0 Å². The number of hydrogen-bond acceptors (Lipinski definition) is 5. The zero-order chi connectivity index (χ0) is 22.3. The van der Waals surface area contributed by atoms with Gasteiger partial charge in [0.25, 0.3) is 0 Å². The summed E-state index contributed by atoms with van der Waals surface area (Å²) in [7, 11) is 0. The lowest BCUT2D eigenvalue weighted by atomic mass is 10.1. The average Bonchev–Trinajstić information content (AvgIpc) is 2.71. The number of hydrogen-bond donors (Lipinski definition) is 1. The Labute approximate surface area is 182 Å². The van der Waals surface area contributed by atoms with Crippen molar-refractivity contribution in [1.82, 2.24) is 9.88 Å². The number of carbonyl (C=O) groups is 2. The number of pyridine rings is 1. The molecule has 0 radical (unpaired) electrons. The Bertz CT molecular complexity index is 982. The van der Waals surface area contributed by atoms with Crippen LogP contribution in [-0.4, -0.2) is 40.5 Å². The minimum Gasteiger partial charge on any atom is -0.333 e. The van der Waals surface area contributed by atoms with E-state index in [2.05, 4.69) is 16.4 Å². The maximum Gasteiger partial charge on any atom is 0.244 e. The van der Waals surface area contributed by atoms with E-state index in [0.29, 0.717) is 17.1 Å². The highest BCUT2D eigenvalue weighted by atomic mass is 32.2. The molecule has 1 aromatic heterocycles. The fourth-order valence-corrected chi connectivity index (χ4v) is 3.99. The Morgan fingerprint density at radius 3 is 2.50 bits per heavy atom. The standard InChI is InChI=1S/C23H28N4O2S/c1-6-11-27(13-21(28)26-20-10-8-7-9-15(20)2)22(29)14-30-23-19(12-24)17(4)16(3)18(5)25-23/h7-10H,6,11,13-14H2,1-5H3,(H,26,28). The van der Waals surface area contributed by atoms with Crippen LogP contribution in [0.3, 0.4) is 0 Å². The number of benzene rings is 1. The van der Waals surface area contributed by atoms with Crippen molar-refractivity contribution < 1.29 is 9.59 Å². The number of nitrogens with zero attached hydrogens (tertiary/aromatic N) is 3. The predicted octanol–water partition coefficient (Wildman–Crippen LogP) is 4.16. The lowest BCUT2D eigenvalue weighted by molar-refractivity contribution is -0.132. The number of carbonyl (C=O) groups excluding carboxylic acids is 2. The molecule has 30 heavy (non-hydrogen) atoms. The van der Waals surface area contributed by atoms with Crippen LogP contribution >= 0.6 is 11.8 Å². The minimum atomic E-state index is -0.228. The predicted molar refractivity (Wildman–Crippen MR) is 121 cm³/mol. The van der Waals surface area contributed by atoms with E-state index in [1.54, 1.807) is 4.90 Å². The Morgan fingerprint density at radius 1 is 1.17 bits per heavy atom. The van der Waals surface area contributed by atoms with Gasteiger partial charge in [-0.25, -0.2) is 4.98 Å². The lowest BCUT2D eigenvalue weighted by Crippen LogP contribution is -2.39. The number of nitrogens with one attached hydrogen (secondary N) is 1. The normalized spacial score (nSPS) is 10.4. The summed E-state index contributed by atoms with van der Waals surface area (Å²) in [4.78, 5) is 31.4. The Hall–Kier alpha value is -2.85. The molecule has 0 atom stereocenters. The maximum atomic E-state index is 12.8. The largest absolute Gasteiger partial charge is 0.333 e. The third kappa shape index (κ3) is 5.83. The maximum absolute atomic E-state index is 12.8. The second-order valence-corrected chi connectivity index (χ2v) is 8.17. The quantitative estimate of drug-likeness (QED) is 0.643. The molecule has 0 spiro atoms. The van der Waals surface area contributed by atoms with E-state index in [-0.39, 0.29) is 24.1 Å². The molecule has 1 N–H and O–H groups in total. The van der Waals surface area contributed by atoms with Crippen LogP contribution in [-0.2, 0) is 9.59 Å². The highest BCUT2D eigenvalue weighted by Gasteiger charge is 2.19. The number of anilines is 1. The fraction of sp³-hybridized carbons (Fsp3) is 0.391. The molecule has 7 heteroatoms. The van der Waals surface area contributed by atoms with Gasteiger partial charge in [0.1, 0.15) is 11.1 Å². The monoisotopic (exact) mass is 424 g/mol. The molecule has 2 rings (SSSR count). The Morgan fingerprint density at radius 2 is 1.87 bits per heavy atom. The number of amides is 2. The summed E-state index contributed by atoms with van der Waals surface area (Å²) in [6.45, 7) is 10.1. The molecule has 0 aliphatic carbocycles. The molecule has 0 aliphatic heterocycles. The van der Waals surface area contributed by atoms with Gasteiger partial charge in [-0.15, -0.1) is 0 Å². The van der Waals surface area contributed by atoms with Crippen molar-refractivity contribution in [2.45, 2.75) is 46.1 Å². The van der Waals surface area contributed by atoms with Crippen molar-refractivity contribution >= 4 is 29.3 Å². The molecule has 0 aliphatic rings. The van der Waals surface area contributed by atoms with E-state index in [1.165, 1.54) is 11.8 Å². The van der Waals surface area contributed by atoms with Gasteiger partial charge in [0, 0.05) is 17.9 Å². The van der Waals surface area contributed by atoms with E-state index < -0.39 is 0 Å². The second-order valence-electron chi connectivity index (χ2n) is 7.21. The number of thioether (sulfide) groups is 1. The smallest absolute Gasteiger partial charge is 0.244 e. The van der Waals surface area contributed by atoms with Crippen LogP contribution in [0.4, 0.5) is 5.69 Å². The molecule has 0 bridgehead atoms. The van der Waals surface area contributed by atoms with Crippen LogP contribution in [0.5, 0.6) is 0 Å². The SMILES string of the molecule is CCCN(CC(=O)Nc1ccccc1C)C(=O)CSc1nc(C)c(C)c(C)c1C#N. The zero-order valence-electron chi connectivity index (χ0n) is 18.2. The van der Waals surface area contributed by atoms with Gasteiger partial charge in [0.2, 0.25) is 11.8 Å². The molecule has 0 saturated heterocycles. The summed E-state index contributed by atoms with van der Waals surface area (Å²) in [6.07, 6.45) is 0.749. The number of aromatic nitrogens is 1. The van der Waals surface area contributed by atoms with Gasteiger partial charge < -0.3 is 10.2 Å². The third-order valence-electron chi connectivity index (χ3n) is 5.01. The van der Waals surface area contributed by atoms with E-state index in [4.69, 9.17) is 0 Å². The molecule has 158 valence electrons. The first-order valence-corrected chi connectivity index (χ1v) is 10.9. The van der Waals surface area contributed by atoms with Gasteiger partial charge in [0.15, 0.2) is 0 Å². The van der Waals surface area contributed by atoms with Crippen molar-refractivity contribution in [2.75, 3.05) is 24.2 Å². The summed E-state index contributed by atoms with van der Waals surface area (Å²) in [5.74, 6) is -0.251. The number of nitriles is 1. The van der Waals surface area contributed by atoms with Crippen LogP contribution in [0.1, 0.15) is 41.3 Å². The van der Waals surface area contributed by atoms with Gasteiger partial charge in [-0.3, -0.25) is 9.59 Å². The molecule has 2 aromatic rings. The van der Waals surface area contributed by atoms with Crippen molar-refractivity contribution in [1.29, 1.82) is 5.26 Å². The molecule has 6 nitrogen and oxygen atoms in total. The van der Waals surface area contributed by atoms with Crippen LogP contribution in [0.25, 0.3) is 0 Å². The van der Waals surface area contributed by atoms with Gasteiger partial charge in [-0.2, -0.15) is 5.26 Å². The molecule has 2 amide bonds. The summed E-state index contributed by atoms with van der Waals surface area (Å²) in [6, 6.07) is 9.74. The van der Waals surface area contributed by atoms with E-state index in [1.807, 2.05) is 58.9 Å². The number of rotatable bonds is 8. The number of aryl methyl sites for hydroxylation is 2. The van der Waals surface area contributed by atoms with Gasteiger partial charge in [-0.05, 0) is 56.9 Å². The molecule has 1 aromatic carbocycles. The second kappa shape index (κ2) is 10.8. The number of para-hydroxylation sites is 1. The van der Waals surface area contributed by atoms with Crippen molar-refractivity contribution in [3.05, 3.63) is 52.2 Å². The average molecular weight is 425 g/mol. The summed E-state index contributed by atoms with van der Waals surface area (Å²) in [5.41, 5.74) is 4.95. The van der Waals surface area contributed by atoms with Crippen LogP contribution in [0, 0.1) is 39.0 Å². The molecule has 0 saturated carbocycles. The first-order chi connectivity index (χ1) is 14.3. The molecule has 1 heterocycles. The lowest BCUT2D eigenvalue weighted by Gasteiger charge is -2.22. The van der Waals surface area contributed by atoms with Gasteiger partial charge in [0.05, 0.1) is 17.9 Å². The van der Waals surface area contributed by atoms with Crippen molar-refractivity contribution in [3.8, 4) is 6.07 Å². The summed E-state index contributed by atoms with van der Waals surface area (Å²) in [5, 5.41) is 12.9. The molecular formula is C23H28N4O2S. The molecular weight excluding hydrogens is 396 g/mol. The van der Waals surface area contributed by atoms with Crippen molar-refractivity contribution in [2.24, 2.45) is 0 Å². The highest BCUT2D eigenvalue weighted by Crippen LogP contribution is 2.26.